The summed E-state index contributed by atoms with van der Waals surface area (Å²) < 4.78 is 0. The molecular formula is C12H17ClN2OS. The molecule has 3 nitrogen and oxygen atoms in total. The predicted molar refractivity (Wildman–Crippen MR) is 75.7 cm³/mol. The molecular weight excluding hydrogens is 256 g/mol. The Bertz CT molecular complexity index is 360. The summed E-state index contributed by atoms with van der Waals surface area (Å²) in [6, 6.07) is 7.23. The maximum Gasteiger partial charge on any atom is 0.225 e. The van der Waals surface area contributed by atoms with E-state index in [9.17, 15) is 4.79 Å². The first-order chi connectivity index (χ1) is 8.24. The molecule has 0 spiro atoms. The van der Waals surface area contributed by atoms with E-state index in [1.54, 1.807) is 23.9 Å². The number of hydrogen-bond donors (Lipinski definition) is 2. The van der Waals surface area contributed by atoms with E-state index < -0.39 is 0 Å². The second-order valence-electron chi connectivity index (χ2n) is 3.53. The van der Waals surface area contributed by atoms with Crippen molar-refractivity contribution >= 4 is 35.0 Å². The highest BCUT2D eigenvalue weighted by molar-refractivity contribution is 7.99. The largest absolute Gasteiger partial charge is 0.330 e. The second-order valence-corrected chi connectivity index (χ2v) is 5.16. The third-order valence-electron chi connectivity index (χ3n) is 2.11. The Morgan fingerprint density at radius 1 is 1.35 bits per heavy atom. The van der Waals surface area contributed by atoms with E-state index in [-0.39, 0.29) is 5.91 Å². The molecule has 0 atom stereocenters. The van der Waals surface area contributed by atoms with E-state index >= 15 is 0 Å². The zero-order chi connectivity index (χ0) is 12.5. The molecule has 0 aliphatic carbocycles. The van der Waals surface area contributed by atoms with Crippen LogP contribution in [0.4, 0.5) is 5.69 Å². The molecule has 0 unspecified atom stereocenters. The topological polar surface area (TPSA) is 55.1 Å². The van der Waals surface area contributed by atoms with E-state index in [1.807, 2.05) is 12.1 Å². The molecule has 5 heteroatoms. The van der Waals surface area contributed by atoms with E-state index in [0.29, 0.717) is 23.7 Å². The normalized spacial score (nSPS) is 10.2. The fourth-order valence-electron chi connectivity index (χ4n) is 1.23. The molecule has 0 saturated carbocycles. The lowest BCUT2D eigenvalue weighted by molar-refractivity contribution is -0.115. The van der Waals surface area contributed by atoms with Crippen molar-refractivity contribution in [1.29, 1.82) is 0 Å². The number of nitrogens with one attached hydrogen (secondary N) is 1. The number of thioether (sulfide) groups is 1. The molecule has 0 radical (unpaired) electrons. The number of anilines is 1. The zero-order valence-electron chi connectivity index (χ0n) is 9.62. The molecule has 1 amide bonds. The molecule has 0 aliphatic rings. The lowest BCUT2D eigenvalue weighted by Gasteiger charge is -2.06. The third kappa shape index (κ3) is 5.96. The van der Waals surface area contributed by atoms with Crippen LogP contribution in [0.3, 0.4) is 0 Å². The molecule has 0 bridgehead atoms. The lowest BCUT2D eigenvalue weighted by atomic mass is 10.3. The number of carbonyl (C=O) groups is 1. The second kappa shape index (κ2) is 8.39. The van der Waals surface area contributed by atoms with Crippen LogP contribution >= 0.6 is 23.4 Å². The maximum atomic E-state index is 11.6. The van der Waals surface area contributed by atoms with Gasteiger partial charge in [-0.3, -0.25) is 4.79 Å². The van der Waals surface area contributed by atoms with Crippen LogP contribution in [-0.2, 0) is 4.79 Å². The molecule has 0 heterocycles. The molecule has 3 N–H and O–H groups in total. The van der Waals surface area contributed by atoms with Crippen molar-refractivity contribution in [2.75, 3.05) is 23.4 Å². The first-order valence-corrected chi connectivity index (χ1v) is 7.09. The first kappa shape index (κ1) is 14.4. The molecule has 1 rings (SSSR count). The van der Waals surface area contributed by atoms with Crippen molar-refractivity contribution in [2.24, 2.45) is 5.73 Å². The van der Waals surface area contributed by atoms with Gasteiger partial charge >= 0.3 is 0 Å². The van der Waals surface area contributed by atoms with Gasteiger partial charge in [-0.25, -0.2) is 0 Å². The summed E-state index contributed by atoms with van der Waals surface area (Å²) in [6.45, 7) is 0.707. The van der Waals surface area contributed by atoms with Gasteiger partial charge < -0.3 is 11.1 Å². The number of carbonyl (C=O) groups excluding carboxylic acids is 1. The van der Waals surface area contributed by atoms with Gasteiger partial charge in [-0.15, -0.1) is 0 Å². The number of halogens is 1. The summed E-state index contributed by atoms with van der Waals surface area (Å²) in [5.41, 5.74) is 6.05. The number of amides is 1. The van der Waals surface area contributed by atoms with Gasteiger partial charge in [0.1, 0.15) is 0 Å². The lowest BCUT2D eigenvalue weighted by Crippen LogP contribution is -2.12. The summed E-state index contributed by atoms with van der Waals surface area (Å²) in [5, 5.41) is 3.36. The van der Waals surface area contributed by atoms with Gasteiger partial charge in [-0.2, -0.15) is 11.8 Å². The van der Waals surface area contributed by atoms with Gasteiger partial charge in [0.25, 0.3) is 0 Å². The molecule has 1 aromatic carbocycles. The number of benzene rings is 1. The van der Waals surface area contributed by atoms with Gasteiger partial charge in [-0.1, -0.05) is 23.7 Å². The minimum absolute atomic E-state index is 0.00153. The monoisotopic (exact) mass is 272 g/mol. The van der Waals surface area contributed by atoms with E-state index in [2.05, 4.69) is 5.32 Å². The average Bonchev–Trinajstić information content (AvgIpc) is 2.32. The Morgan fingerprint density at radius 2 is 2.12 bits per heavy atom. The van der Waals surface area contributed by atoms with Crippen LogP contribution in [0.5, 0.6) is 0 Å². The van der Waals surface area contributed by atoms with Crippen molar-refractivity contribution in [3.8, 4) is 0 Å². The van der Waals surface area contributed by atoms with Gasteiger partial charge in [0, 0.05) is 12.2 Å². The van der Waals surface area contributed by atoms with Crippen LogP contribution in [0.15, 0.2) is 24.3 Å². The molecule has 0 fully saturated rings. The fraction of sp³-hybridized carbons (Fsp3) is 0.417. The van der Waals surface area contributed by atoms with Crippen LogP contribution in [0.25, 0.3) is 0 Å². The molecule has 1 aromatic rings. The number of para-hydroxylation sites is 1. The SMILES string of the molecule is NCCCSCCC(=O)Nc1ccccc1Cl. The highest BCUT2D eigenvalue weighted by Crippen LogP contribution is 2.20. The average molecular weight is 273 g/mol. The Kier molecular flexibility index (Phi) is 7.08. The van der Waals surface area contributed by atoms with Crippen LogP contribution in [-0.4, -0.2) is 24.0 Å². The van der Waals surface area contributed by atoms with Crippen LogP contribution in [0.1, 0.15) is 12.8 Å². The quantitative estimate of drug-likeness (QED) is 0.751. The summed E-state index contributed by atoms with van der Waals surface area (Å²) in [7, 11) is 0. The van der Waals surface area contributed by atoms with Gasteiger partial charge in [0.15, 0.2) is 0 Å². The van der Waals surface area contributed by atoms with Crippen molar-refractivity contribution in [2.45, 2.75) is 12.8 Å². The van der Waals surface area contributed by atoms with Crippen LogP contribution in [0, 0.1) is 0 Å². The third-order valence-corrected chi connectivity index (χ3v) is 3.51. The van der Waals surface area contributed by atoms with Gasteiger partial charge in [0.2, 0.25) is 5.91 Å². The molecule has 0 saturated heterocycles. The van der Waals surface area contributed by atoms with Gasteiger partial charge in [0.05, 0.1) is 10.7 Å². The first-order valence-electron chi connectivity index (χ1n) is 5.56. The van der Waals surface area contributed by atoms with E-state index in [0.717, 1.165) is 17.9 Å². The smallest absolute Gasteiger partial charge is 0.225 e. The minimum atomic E-state index is -0.00153. The molecule has 17 heavy (non-hydrogen) atoms. The Labute approximate surface area is 111 Å². The Hall–Kier alpha value is -0.710. The predicted octanol–water partition coefficient (Wildman–Crippen LogP) is 2.75. The van der Waals surface area contributed by atoms with E-state index in [4.69, 9.17) is 17.3 Å². The number of rotatable bonds is 7. The molecule has 94 valence electrons. The Morgan fingerprint density at radius 3 is 2.82 bits per heavy atom. The maximum absolute atomic E-state index is 11.6. The standard InChI is InChI=1S/C12H17ClN2OS/c13-10-4-1-2-5-11(10)15-12(16)6-9-17-8-3-7-14/h1-2,4-5H,3,6-9,14H2,(H,15,16). The summed E-state index contributed by atoms with van der Waals surface area (Å²) in [4.78, 5) is 11.6. The number of nitrogens with two attached hydrogens (primary N) is 1. The summed E-state index contributed by atoms with van der Waals surface area (Å²) in [6.07, 6.45) is 1.50. The van der Waals surface area contributed by atoms with Crippen LogP contribution < -0.4 is 11.1 Å². The fourth-order valence-corrected chi connectivity index (χ4v) is 2.32. The van der Waals surface area contributed by atoms with Gasteiger partial charge in [-0.05, 0) is 30.9 Å². The summed E-state index contributed by atoms with van der Waals surface area (Å²) in [5.74, 6) is 1.82. The minimum Gasteiger partial charge on any atom is -0.330 e. The van der Waals surface area contributed by atoms with Crippen molar-refractivity contribution in [3.63, 3.8) is 0 Å². The molecule has 0 aromatic heterocycles. The Balaban J connectivity index is 2.23. The highest BCUT2D eigenvalue weighted by Gasteiger charge is 2.04. The van der Waals surface area contributed by atoms with Crippen LogP contribution in [0.2, 0.25) is 5.02 Å². The summed E-state index contributed by atoms with van der Waals surface area (Å²) >= 11 is 7.68. The number of hydrogen-bond acceptors (Lipinski definition) is 3. The highest BCUT2D eigenvalue weighted by atomic mass is 35.5. The molecule has 0 aliphatic heterocycles. The van der Waals surface area contributed by atoms with Crippen molar-refractivity contribution in [3.05, 3.63) is 29.3 Å². The van der Waals surface area contributed by atoms with E-state index in [1.165, 1.54) is 0 Å². The zero-order valence-corrected chi connectivity index (χ0v) is 11.2. The van der Waals surface area contributed by atoms with Crippen molar-refractivity contribution < 1.29 is 4.79 Å². The van der Waals surface area contributed by atoms with Crippen molar-refractivity contribution in [1.82, 2.24) is 0 Å².